The number of carbonyl (C=O) groups is 3. The maximum absolute atomic E-state index is 13.7. The number of para-hydroxylation sites is 1. The van der Waals surface area contributed by atoms with E-state index in [1.165, 1.54) is 0 Å². The van der Waals surface area contributed by atoms with Crippen LogP contribution in [0.4, 0.5) is 13.2 Å². The molecule has 14 heteroatoms. The number of aryl methyl sites for hydroxylation is 1. The van der Waals surface area contributed by atoms with Crippen LogP contribution in [0.2, 0.25) is 0 Å². The molecule has 5 N–H and O–H groups in total. The van der Waals surface area contributed by atoms with Crippen molar-refractivity contribution < 1.29 is 47.2 Å². The molecule has 240 valence electrons. The van der Waals surface area contributed by atoms with Gasteiger partial charge in [-0.15, -0.1) is 0 Å². The number of benzene rings is 2. The molecular formula is C31H33F3N4O7. The Bertz CT molecular complexity index is 1630. The average Bonchev–Trinajstić information content (AvgIpc) is 3.75. The van der Waals surface area contributed by atoms with Gasteiger partial charge in [0.25, 0.3) is 0 Å². The number of carbonyl (C=O) groups excluding carboxylic acids is 1. The minimum atomic E-state index is -5.08. The van der Waals surface area contributed by atoms with E-state index in [0.717, 1.165) is 53.7 Å². The fourth-order valence-corrected chi connectivity index (χ4v) is 4.88. The second-order valence-electron chi connectivity index (χ2n) is 10.4. The standard InChI is InChI=1S/C29H32N4O5.C2HF3O2/c1-2-3-4-9-27-31-16-20(32-27)14-22(18-10-11-25-26(13-18)38-17-37-25)28(34)33-24(29(35)36)12-19-15-30-23-8-6-5-7-21(19)23;3-2(4,5)1(6)7/h5-8,10-11,13,15-16,22,24,30H,2-4,9,12,14,17H2,1H3,(H,31,32)(H,33,34)(H,35,36);(H,6,7)/t22-,24-;/m0./s1. The van der Waals surface area contributed by atoms with Crippen molar-refractivity contribution in [2.75, 3.05) is 6.79 Å². The fourth-order valence-electron chi connectivity index (χ4n) is 4.88. The van der Waals surface area contributed by atoms with Crippen LogP contribution in [0.1, 0.15) is 54.7 Å². The summed E-state index contributed by atoms with van der Waals surface area (Å²) < 4.78 is 42.7. The van der Waals surface area contributed by atoms with Gasteiger partial charge in [0.05, 0.1) is 5.92 Å². The number of aromatic amines is 2. The Balaban J connectivity index is 0.000000591. The largest absolute Gasteiger partial charge is 0.490 e. The summed E-state index contributed by atoms with van der Waals surface area (Å²) in [6.45, 7) is 2.29. The number of imidazole rings is 1. The van der Waals surface area contributed by atoms with Gasteiger partial charge < -0.3 is 35.0 Å². The molecule has 0 saturated carbocycles. The number of rotatable bonds is 12. The highest BCUT2D eigenvalue weighted by Gasteiger charge is 2.38. The lowest BCUT2D eigenvalue weighted by Crippen LogP contribution is -2.44. The molecule has 0 bridgehead atoms. The van der Waals surface area contributed by atoms with Crippen molar-refractivity contribution in [1.29, 1.82) is 0 Å². The summed E-state index contributed by atoms with van der Waals surface area (Å²) in [4.78, 5) is 45.8. The summed E-state index contributed by atoms with van der Waals surface area (Å²) in [6.07, 6.45) is 3.12. The number of carboxylic acid groups (broad SMARTS) is 2. The van der Waals surface area contributed by atoms with Crippen molar-refractivity contribution >= 4 is 28.7 Å². The smallest absolute Gasteiger partial charge is 0.480 e. The number of unbranched alkanes of at least 4 members (excludes halogenated alkanes) is 2. The van der Waals surface area contributed by atoms with E-state index in [1.807, 2.05) is 30.3 Å². The highest BCUT2D eigenvalue weighted by Crippen LogP contribution is 2.35. The van der Waals surface area contributed by atoms with Crippen LogP contribution in [0.3, 0.4) is 0 Å². The third-order valence-corrected chi connectivity index (χ3v) is 7.19. The van der Waals surface area contributed by atoms with Crippen LogP contribution in [0.15, 0.2) is 54.9 Å². The summed E-state index contributed by atoms with van der Waals surface area (Å²) >= 11 is 0. The minimum absolute atomic E-state index is 0.128. The van der Waals surface area contributed by atoms with E-state index >= 15 is 0 Å². The quantitative estimate of drug-likeness (QED) is 0.135. The van der Waals surface area contributed by atoms with Crippen molar-refractivity contribution in [2.45, 2.75) is 63.6 Å². The van der Waals surface area contributed by atoms with Gasteiger partial charge in [-0.3, -0.25) is 4.79 Å². The number of halogens is 3. The molecule has 11 nitrogen and oxygen atoms in total. The van der Waals surface area contributed by atoms with E-state index in [4.69, 9.17) is 19.4 Å². The van der Waals surface area contributed by atoms with Gasteiger partial charge in [0, 0.05) is 48.3 Å². The zero-order valence-electron chi connectivity index (χ0n) is 24.3. The zero-order chi connectivity index (χ0) is 32.6. The average molecular weight is 631 g/mol. The number of hydrogen-bond donors (Lipinski definition) is 5. The van der Waals surface area contributed by atoms with E-state index in [1.54, 1.807) is 24.5 Å². The number of aromatic nitrogens is 3. The summed E-state index contributed by atoms with van der Waals surface area (Å²) in [5.74, 6) is -2.80. The molecule has 2 atom stereocenters. The predicted molar refractivity (Wildman–Crippen MR) is 156 cm³/mol. The van der Waals surface area contributed by atoms with Gasteiger partial charge in [0.1, 0.15) is 11.9 Å². The molecule has 3 heterocycles. The molecule has 1 aliphatic rings. The number of aliphatic carboxylic acids is 2. The highest BCUT2D eigenvalue weighted by atomic mass is 19.4. The second kappa shape index (κ2) is 14.6. The Morgan fingerprint density at radius 1 is 1.04 bits per heavy atom. The number of ether oxygens (including phenoxy) is 2. The molecule has 0 aliphatic carbocycles. The number of nitrogens with zero attached hydrogens (tertiary/aromatic N) is 1. The molecule has 1 aliphatic heterocycles. The van der Waals surface area contributed by atoms with Crippen LogP contribution in [0, 0.1) is 0 Å². The Morgan fingerprint density at radius 2 is 1.78 bits per heavy atom. The first kappa shape index (κ1) is 32.9. The number of alkyl halides is 3. The predicted octanol–water partition coefficient (Wildman–Crippen LogP) is 5.12. The number of amides is 1. The van der Waals surface area contributed by atoms with Crippen molar-refractivity contribution in [2.24, 2.45) is 0 Å². The topological polar surface area (TPSA) is 167 Å². The second-order valence-corrected chi connectivity index (χ2v) is 10.4. The van der Waals surface area contributed by atoms with E-state index < -0.39 is 30.1 Å². The Morgan fingerprint density at radius 3 is 2.49 bits per heavy atom. The van der Waals surface area contributed by atoms with Gasteiger partial charge >= 0.3 is 18.1 Å². The number of H-pyrrole nitrogens is 2. The minimum Gasteiger partial charge on any atom is -0.480 e. The molecule has 2 aromatic carbocycles. The number of nitrogens with one attached hydrogen (secondary N) is 3. The van der Waals surface area contributed by atoms with Crippen LogP contribution in [0.25, 0.3) is 10.9 Å². The van der Waals surface area contributed by atoms with Crippen molar-refractivity contribution in [3.05, 3.63) is 77.5 Å². The van der Waals surface area contributed by atoms with Crippen LogP contribution in [-0.4, -0.2) is 62.0 Å². The lowest BCUT2D eigenvalue weighted by molar-refractivity contribution is -0.192. The molecule has 2 aromatic heterocycles. The SMILES string of the molecule is CCCCCc1ncc(C[C@H](C(=O)N[C@@H](Cc2c[nH]c3ccccc23)C(=O)O)c2ccc3c(c2)OCO3)[nH]1.O=C(O)C(F)(F)F. The van der Waals surface area contributed by atoms with Crippen molar-refractivity contribution in [1.82, 2.24) is 20.3 Å². The Kier molecular flexibility index (Phi) is 10.7. The zero-order valence-corrected chi connectivity index (χ0v) is 24.3. The van der Waals surface area contributed by atoms with Gasteiger partial charge in [0.2, 0.25) is 12.7 Å². The van der Waals surface area contributed by atoms with Gasteiger partial charge in [-0.05, 0) is 35.7 Å². The number of fused-ring (bicyclic) bond motifs is 2. The molecule has 0 unspecified atom stereocenters. The summed E-state index contributed by atoms with van der Waals surface area (Å²) in [5.41, 5.74) is 3.28. The van der Waals surface area contributed by atoms with Crippen molar-refractivity contribution in [3.8, 4) is 11.5 Å². The fraction of sp³-hybridized carbons (Fsp3) is 0.355. The van der Waals surface area contributed by atoms with Crippen LogP contribution >= 0.6 is 0 Å². The Labute approximate surface area is 255 Å². The van der Waals surface area contributed by atoms with Gasteiger partial charge in [-0.2, -0.15) is 13.2 Å². The third-order valence-electron chi connectivity index (χ3n) is 7.19. The summed E-state index contributed by atoms with van der Waals surface area (Å²) in [7, 11) is 0. The van der Waals surface area contributed by atoms with Crippen molar-refractivity contribution in [3.63, 3.8) is 0 Å². The highest BCUT2D eigenvalue weighted by molar-refractivity contribution is 5.89. The normalized spacial score (nSPS) is 13.5. The molecule has 0 spiro atoms. The molecular weight excluding hydrogens is 597 g/mol. The molecule has 0 radical (unpaired) electrons. The molecule has 4 aromatic rings. The first-order valence-corrected chi connectivity index (χ1v) is 14.3. The lowest BCUT2D eigenvalue weighted by Gasteiger charge is -2.21. The maximum atomic E-state index is 13.7. The molecule has 5 rings (SSSR count). The molecule has 0 fully saturated rings. The van der Waals surface area contributed by atoms with Gasteiger partial charge in [-0.25, -0.2) is 14.6 Å². The van der Waals surface area contributed by atoms with E-state index in [0.29, 0.717) is 23.5 Å². The van der Waals surface area contributed by atoms with E-state index in [2.05, 4.69) is 27.2 Å². The van der Waals surface area contributed by atoms with E-state index in [9.17, 15) is 27.9 Å². The van der Waals surface area contributed by atoms with Gasteiger partial charge in [0.15, 0.2) is 11.5 Å². The third kappa shape index (κ3) is 8.77. The maximum Gasteiger partial charge on any atom is 0.490 e. The van der Waals surface area contributed by atoms with Crippen LogP contribution < -0.4 is 14.8 Å². The molecule has 0 saturated heterocycles. The first-order valence-electron chi connectivity index (χ1n) is 14.3. The first-order chi connectivity index (χ1) is 21.5. The van der Waals surface area contributed by atoms with Gasteiger partial charge in [-0.1, -0.05) is 44.0 Å². The molecule has 45 heavy (non-hydrogen) atoms. The van der Waals surface area contributed by atoms with Crippen LogP contribution in [-0.2, 0) is 33.6 Å². The lowest BCUT2D eigenvalue weighted by atomic mass is 9.92. The number of carboxylic acids is 2. The van der Waals surface area contributed by atoms with E-state index in [-0.39, 0.29) is 19.1 Å². The van der Waals surface area contributed by atoms with Crippen LogP contribution in [0.5, 0.6) is 11.5 Å². The summed E-state index contributed by atoms with van der Waals surface area (Å²) in [5, 5.41) is 20.8. The summed E-state index contributed by atoms with van der Waals surface area (Å²) in [6, 6.07) is 12.0. The monoisotopic (exact) mass is 630 g/mol. The molecule has 1 amide bonds. The number of hydrogen-bond acceptors (Lipinski definition) is 6. The Hall–Kier alpha value is -5.01.